The van der Waals surface area contributed by atoms with Crippen LogP contribution in [-0.2, 0) is 6.42 Å². The molecule has 2 aromatic rings. The number of hydrogen-bond donors (Lipinski definition) is 4. The topological polar surface area (TPSA) is 19.0 Å². The molecule has 0 spiro atoms. The Balaban J connectivity index is 2.12. The van der Waals surface area contributed by atoms with Crippen LogP contribution in [-0.4, -0.2) is 33.8 Å². The Morgan fingerprint density at radius 2 is 2.10 bits per heavy atom. The molecule has 0 amide bonds. The van der Waals surface area contributed by atoms with Gasteiger partial charge >= 0.3 is 0 Å². The van der Waals surface area contributed by atoms with E-state index in [0.29, 0.717) is 0 Å². The van der Waals surface area contributed by atoms with E-state index in [1.54, 1.807) is 0 Å². The molecule has 2 nitrogen and oxygen atoms in total. The fraction of sp³-hybridized carbons (Fsp3) is 0.467. The monoisotopic (exact) mass is 334 g/mol. The van der Waals surface area contributed by atoms with Gasteiger partial charge in [0, 0.05) is 27.8 Å². The quantitative estimate of drug-likeness (QED) is 0.377. The van der Waals surface area contributed by atoms with Crippen molar-refractivity contribution in [3.05, 3.63) is 35.5 Å². The van der Waals surface area contributed by atoms with Gasteiger partial charge in [0.15, 0.2) is 0 Å². The lowest BCUT2D eigenvalue weighted by molar-refractivity contribution is 0.312. The normalized spacial score (nSPS) is 29.3. The van der Waals surface area contributed by atoms with Crippen LogP contribution in [0.15, 0.2) is 24.4 Å². The second-order valence-electron chi connectivity index (χ2n) is 5.85. The number of thiol groups is 3. The van der Waals surface area contributed by atoms with Crippen molar-refractivity contribution >= 4 is 56.6 Å². The highest BCUT2D eigenvalue weighted by Gasteiger charge is 2.52. The maximum absolute atomic E-state index is 6.47. The van der Waals surface area contributed by atoms with Crippen molar-refractivity contribution in [1.82, 2.24) is 9.88 Å². The van der Waals surface area contributed by atoms with Crippen molar-refractivity contribution in [1.29, 1.82) is 0 Å². The van der Waals surface area contributed by atoms with Crippen LogP contribution in [0, 0.1) is 0 Å². The zero-order valence-corrected chi connectivity index (χ0v) is 14.9. The Labute approximate surface area is 143 Å². The fourth-order valence-electron chi connectivity index (χ4n) is 3.12. The summed E-state index contributed by atoms with van der Waals surface area (Å²) in [5, 5.41) is 1.22. The number of aromatic nitrogens is 1. The molecule has 1 saturated heterocycles. The average molecular weight is 334 g/mol. The Morgan fingerprint density at radius 1 is 1.38 bits per heavy atom. The van der Waals surface area contributed by atoms with Crippen molar-refractivity contribution in [2.45, 2.75) is 34.7 Å². The molecule has 1 aliphatic rings. The highest BCUT2D eigenvalue weighted by molar-refractivity contribution is 8.00. The minimum Gasteiger partial charge on any atom is -0.361 e. The molecule has 0 aliphatic carbocycles. The average Bonchev–Trinajstić information content (AvgIpc) is 2.91. The summed E-state index contributed by atoms with van der Waals surface area (Å²) >= 11 is 14.0. The number of hydrogen-bond acceptors (Lipinski definition) is 4. The van der Waals surface area contributed by atoms with Gasteiger partial charge in [0.1, 0.15) is 12.0 Å². The summed E-state index contributed by atoms with van der Waals surface area (Å²) in [7, 11) is 8.39. The molecule has 1 N–H and O–H groups in total. The Hall–Kier alpha value is -0.165. The zero-order valence-electron chi connectivity index (χ0n) is 12.2. The first-order valence-electron chi connectivity index (χ1n) is 7.07. The van der Waals surface area contributed by atoms with E-state index in [9.17, 15) is 0 Å². The molecule has 3 rings (SSSR count). The first kappa shape index (κ1) is 15.7. The molecule has 2 heterocycles. The number of nitrogens with zero attached hydrogens (tertiary/aromatic N) is 1. The smallest absolute Gasteiger partial charge is 0.111 e. The summed E-state index contributed by atoms with van der Waals surface area (Å²) < 4.78 is -1.34. The van der Waals surface area contributed by atoms with Gasteiger partial charge in [0.05, 0.1) is 0 Å². The summed E-state index contributed by atoms with van der Waals surface area (Å²) in [5.41, 5.74) is 3.64. The molecule has 21 heavy (non-hydrogen) atoms. The fourth-order valence-corrected chi connectivity index (χ4v) is 4.37. The molecule has 6 heteroatoms. The molecule has 1 aliphatic heterocycles. The van der Waals surface area contributed by atoms with Crippen LogP contribution in [0.25, 0.3) is 10.9 Å². The summed E-state index contributed by atoms with van der Waals surface area (Å²) in [5.74, 6) is 0.0571. The number of aryl methyl sites for hydroxylation is 1. The number of nitrogens with one attached hydrogen (secondary N) is 1. The van der Waals surface area contributed by atoms with Crippen molar-refractivity contribution in [2.75, 3.05) is 7.05 Å². The molecule has 1 aromatic carbocycles. The van der Waals surface area contributed by atoms with Crippen molar-refractivity contribution in [3.8, 4) is 0 Å². The molecular formula is C15H19BN2S3. The molecule has 110 valence electrons. The van der Waals surface area contributed by atoms with E-state index in [1.807, 2.05) is 18.1 Å². The molecule has 0 saturated carbocycles. The van der Waals surface area contributed by atoms with Crippen LogP contribution in [0.4, 0.5) is 0 Å². The summed E-state index contributed by atoms with van der Waals surface area (Å²) in [4.78, 5) is 5.26. The SMILES string of the molecule is [B]C1(S)C(c2c[nH]c3ccc(CC)cc23)CC(S)(S)N1C. The number of fused-ring (bicyclic) bond motifs is 1. The van der Waals surface area contributed by atoms with Crippen LogP contribution in [0.2, 0.25) is 0 Å². The van der Waals surface area contributed by atoms with Crippen molar-refractivity contribution in [2.24, 2.45) is 0 Å². The van der Waals surface area contributed by atoms with Gasteiger partial charge in [-0.05, 0) is 43.1 Å². The van der Waals surface area contributed by atoms with Gasteiger partial charge in [-0.25, -0.2) is 0 Å². The Morgan fingerprint density at radius 3 is 2.67 bits per heavy atom. The number of benzene rings is 1. The lowest BCUT2D eigenvalue weighted by Crippen LogP contribution is -2.45. The summed E-state index contributed by atoms with van der Waals surface area (Å²) in [6.45, 7) is 2.16. The van der Waals surface area contributed by atoms with Gasteiger partial charge in [-0.3, -0.25) is 4.90 Å². The number of likely N-dealkylation sites (N-methyl/N-ethyl adjacent to an activating group) is 1. The summed E-state index contributed by atoms with van der Waals surface area (Å²) in [6.07, 6.45) is 3.80. The van der Waals surface area contributed by atoms with E-state index >= 15 is 0 Å². The molecule has 1 fully saturated rings. The van der Waals surface area contributed by atoms with Gasteiger partial charge in [-0.15, -0.1) is 25.3 Å². The van der Waals surface area contributed by atoms with Gasteiger partial charge in [0.2, 0.25) is 0 Å². The van der Waals surface area contributed by atoms with Crippen LogP contribution in [0.5, 0.6) is 0 Å². The molecule has 0 bridgehead atoms. The van der Waals surface area contributed by atoms with Crippen LogP contribution in [0.1, 0.15) is 30.4 Å². The molecular weight excluding hydrogens is 315 g/mol. The van der Waals surface area contributed by atoms with Crippen LogP contribution >= 0.6 is 37.9 Å². The maximum Gasteiger partial charge on any atom is 0.111 e. The number of rotatable bonds is 2. The predicted molar refractivity (Wildman–Crippen MR) is 101 cm³/mol. The van der Waals surface area contributed by atoms with E-state index in [2.05, 4.69) is 55.4 Å². The third-order valence-corrected chi connectivity index (χ3v) is 6.20. The van der Waals surface area contributed by atoms with E-state index in [1.165, 1.54) is 16.5 Å². The third-order valence-electron chi connectivity index (χ3n) is 4.63. The van der Waals surface area contributed by atoms with Gasteiger partial charge in [0.25, 0.3) is 0 Å². The zero-order chi connectivity index (χ0) is 15.4. The highest BCUT2D eigenvalue weighted by Crippen LogP contribution is 2.54. The van der Waals surface area contributed by atoms with Gasteiger partial charge in [-0.1, -0.05) is 13.0 Å². The second-order valence-corrected chi connectivity index (χ2v) is 8.40. The maximum atomic E-state index is 6.47. The van der Waals surface area contributed by atoms with E-state index < -0.39 is 8.97 Å². The highest BCUT2D eigenvalue weighted by atomic mass is 32.2. The molecule has 2 atom stereocenters. The lowest BCUT2D eigenvalue weighted by atomic mass is 9.79. The standard InChI is InChI=1S/C15H19BN2S3/c1-3-9-4-5-13-10(6-9)11(8-17-13)12-7-14(19,20)18(2)15(12,16)21/h4-6,8,12,17,19-21H,3,7H2,1-2H3. The Kier molecular flexibility index (Phi) is 3.88. The van der Waals surface area contributed by atoms with E-state index in [0.717, 1.165) is 18.4 Å². The molecule has 2 unspecified atom stereocenters. The third kappa shape index (κ3) is 2.44. The van der Waals surface area contributed by atoms with Crippen LogP contribution < -0.4 is 0 Å². The molecule has 1 aromatic heterocycles. The van der Waals surface area contributed by atoms with Gasteiger partial charge in [-0.2, -0.15) is 12.6 Å². The minimum absolute atomic E-state index is 0.0571. The second kappa shape index (κ2) is 5.19. The largest absolute Gasteiger partial charge is 0.361 e. The first-order chi connectivity index (χ1) is 9.77. The Bertz CT molecular complexity index is 681. The predicted octanol–water partition coefficient (Wildman–Crippen LogP) is 3.41. The van der Waals surface area contributed by atoms with E-state index in [4.69, 9.17) is 20.5 Å². The first-order valence-corrected chi connectivity index (χ1v) is 8.41. The minimum atomic E-state index is -0.777. The van der Waals surface area contributed by atoms with Crippen LogP contribution in [0.3, 0.4) is 0 Å². The van der Waals surface area contributed by atoms with Gasteiger partial charge < -0.3 is 4.98 Å². The molecule has 2 radical (unpaired) electrons. The van der Waals surface area contributed by atoms with Crippen molar-refractivity contribution in [3.63, 3.8) is 0 Å². The lowest BCUT2D eigenvalue weighted by Gasteiger charge is -2.36. The number of aromatic amines is 1. The number of H-pyrrole nitrogens is 1. The summed E-state index contributed by atoms with van der Waals surface area (Å²) in [6, 6.07) is 6.52. The van der Waals surface area contributed by atoms with Crippen molar-refractivity contribution < 1.29 is 0 Å². The number of likely N-dealkylation sites (tertiary alicyclic amines) is 1. The van der Waals surface area contributed by atoms with E-state index in [-0.39, 0.29) is 5.92 Å².